The highest BCUT2D eigenvalue weighted by Gasteiger charge is 2.42. The quantitative estimate of drug-likeness (QED) is 0.0975. The standard InChI is InChI=1S/C57H56N2/c1-7-13-29-57(30-14-8-2)51-37-43(41-21-27-55-49(35-41)47-33-39(11-5)17-25-53(47)58(55)31-15-9-3)19-23-45(51)46-24-20-44(38-52(46)57)42-22-28-56-50(36-42)48-34-40(12-6)18-26-54(48)59(56)32-16-10-4/h5-6,17-28,33-38H,7-10,13-16,29-32H2,1-4H3. The number of benzene rings is 6. The molecule has 0 fully saturated rings. The van der Waals surface area contributed by atoms with Crippen molar-refractivity contribution in [3.05, 3.63) is 131 Å². The van der Waals surface area contributed by atoms with E-state index in [1.54, 1.807) is 0 Å². The Kier molecular flexibility index (Phi) is 10.5. The normalized spacial score (nSPS) is 13.0. The molecule has 6 aromatic carbocycles. The van der Waals surface area contributed by atoms with Gasteiger partial charge in [-0.2, -0.15) is 0 Å². The molecule has 2 heteroatoms. The number of aromatic nitrogens is 2. The molecule has 0 atom stereocenters. The molecule has 1 aliphatic rings. The van der Waals surface area contributed by atoms with E-state index in [1.807, 2.05) is 0 Å². The van der Waals surface area contributed by atoms with Crippen LogP contribution in [-0.2, 0) is 18.5 Å². The largest absolute Gasteiger partial charge is 0.340 e. The molecule has 0 amide bonds. The molecule has 0 radical (unpaired) electrons. The van der Waals surface area contributed by atoms with Crippen LogP contribution in [0.4, 0.5) is 0 Å². The summed E-state index contributed by atoms with van der Waals surface area (Å²) in [7, 11) is 0. The first kappa shape index (κ1) is 38.6. The molecule has 9 rings (SSSR count). The summed E-state index contributed by atoms with van der Waals surface area (Å²) in [4.78, 5) is 0. The zero-order valence-corrected chi connectivity index (χ0v) is 35.4. The van der Waals surface area contributed by atoms with Gasteiger partial charge in [0.25, 0.3) is 0 Å². The number of rotatable bonds is 14. The van der Waals surface area contributed by atoms with Crippen molar-refractivity contribution in [2.24, 2.45) is 0 Å². The molecule has 0 saturated carbocycles. The molecule has 0 aliphatic heterocycles. The maximum absolute atomic E-state index is 5.92. The second kappa shape index (κ2) is 16.0. The van der Waals surface area contributed by atoms with Crippen LogP contribution >= 0.6 is 0 Å². The number of hydrogen-bond acceptors (Lipinski definition) is 0. The Hall–Kier alpha value is -5.96. The molecule has 2 heterocycles. The second-order valence-electron chi connectivity index (χ2n) is 17.0. The third kappa shape index (κ3) is 6.46. The van der Waals surface area contributed by atoms with E-state index < -0.39 is 0 Å². The van der Waals surface area contributed by atoms with Gasteiger partial charge in [0.1, 0.15) is 0 Å². The van der Waals surface area contributed by atoms with Gasteiger partial charge in [-0.15, -0.1) is 12.8 Å². The van der Waals surface area contributed by atoms with E-state index in [-0.39, 0.29) is 5.41 Å². The first-order valence-electron chi connectivity index (χ1n) is 22.3. The maximum atomic E-state index is 5.92. The monoisotopic (exact) mass is 768 g/mol. The minimum atomic E-state index is -0.0489. The molecule has 0 N–H and O–H groups in total. The fraction of sp³-hybridized carbons (Fsp3) is 0.298. The van der Waals surface area contributed by atoms with Gasteiger partial charge in [0.2, 0.25) is 0 Å². The molecule has 0 bridgehead atoms. The lowest BCUT2D eigenvalue weighted by Crippen LogP contribution is -2.25. The van der Waals surface area contributed by atoms with Gasteiger partial charge in [0.15, 0.2) is 0 Å². The summed E-state index contributed by atoms with van der Waals surface area (Å²) in [6, 6.07) is 41.9. The van der Waals surface area contributed by atoms with Crippen LogP contribution in [0.15, 0.2) is 109 Å². The van der Waals surface area contributed by atoms with Gasteiger partial charge in [-0.3, -0.25) is 0 Å². The van der Waals surface area contributed by atoms with Crippen LogP contribution in [0.25, 0.3) is 77.0 Å². The molecule has 1 aliphatic carbocycles. The topological polar surface area (TPSA) is 9.86 Å². The Bertz CT molecular complexity index is 2760. The van der Waals surface area contributed by atoms with Crippen molar-refractivity contribution in [2.45, 2.75) is 110 Å². The lowest BCUT2D eigenvalue weighted by atomic mass is 9.70. The molecule has 0 saturated heterocycles. The Labute approximate surface area is 351 Å². The van der Waals surface area contributed by atoms with Crippen LogP contribution in [0.2, 0.25) is 0 Å². The zero-order chi connectivity index (χ0) is 40.7. The van der Waals surface area contributed by atoms with Gasteiger partial charge in [-0.1, -0.05) is 114 Å². The minimum Gasteiger partial charge on any atom is -0.340 e. The van der Waals surface area contributed by atoms with Crippen LogP contribution in [0.3, 0.4) is 0 Å². The van der Waals surface area contributed by atoms with Crippen LogP contribution in [-0.4, -0.2) is 9.13 Å². The van der Waals surface area contributed by atoms with E-state index in [1.165, 1.54) is 114 Å². The number of terminal acetylenes is 2. The highest BCUT2D eigenvalue weighted by Crippen LogP contribution is 2.56. The number of hydrogen-bond donors (Lipinski definition) is 0. The zero-order valence-electron chi connectivity index (χ0n) is 35.4. The van der Waals surface area contributed by atoms with E-state index in [0.717, 1.165) is 62.7 Å². The number of aryl methyl sites for hydroxylation is 2. The third-order valence-electron chi connectivity index (χ3n) is 13.5. The van der Waals surface area contributed by atoms with Crippen molar-refractivity contribution in [3.63, 3.8) is 0 Å². The van der Waals surface area contributed by atoms with Gasteiger partial charge < -0.3 is 9.13 Å². The van der Waals surface area contributed by atoms with Crippen molar-refractivity contribution < 1.29 is 0 Å². The summed E-state index contributed by atoms with van der Waals surface area (Å²) >= 11 is 0. The summed E-state index contributed by atoms with van der Waals surface area (Å²) in [5.74, 6) is 5.77. The van der Waals surface area contributed by atoms with Crippen LogP contribution in [0.5, 0.6) is 0 Å². The third-order valence-corrected chi connectivity index (χ3v) is 13.5. The number of fused-ring (bicyclic) bond motifs is 9. The highest BCUT2D eigenvalue weighted by molar-refractivity contribution is 6.11. The summed E-state index contributed by atoms with van der Waals surface area (Å²) in [6.45, 7) is 11.2. The van der Waals surface area contributed by atoms with E-state index in [0.29, 0.717) is 0 Å². The summed E-state index contributed by atoms with van der Waals surface area (Å²) in [5.41, 5.74) is 17.8. The summed E-state index contributed by atoms with van der Waals surface area (Å²) < 4.78 is 4.99. The highest BCUT2D eigenvalue weighted by atomic mass is 15.0. The van der Waals surface area contributed by atoms with Crippen molar-refractivity contribution in [2.75, 3.05) is 0 Å². The molecule has 0 spiro atoms. The second-order valence-corrected chi connectivity index (χ2v) is 17.0. The molecule has 294 valence electrons. The molecule has 0 unspecified atom stereocenters. The average Bonchev–Trinajstić information content (AvgIpc) is 3.87. The first-order chi connectivity index (χ1) is 29.0. The van der Waals surface area contributed by atoms with Crippen LogP contribution in [0, 0.1) is 24.7 Å². The van der Waals surface area contributed by atoms with E-state index in [4.69, 9.17) is 12.8 Å². The Morgan fingerprint density at radius 2 is 0.780 bits per heavy atom. The van der Waals surface area contributed by atoms with Gasteiger partial charge in [0.05, 0.1) is 0 Å². The van der Waals surface area contributed by atoms with Crippen LogP contribution in [0.1, 0.15) is 114 Å². The Morgan fingerprint density at radius 3 is 1.17 bits per heavy atom. The van der Waals surface area contributed by atoms with Gasteiger partial charge in [-0.05, 0) is 143 Å². The van der Waals surface area contributed by atoms with E-state index in [9.17, 15) is 0 Å². The Morgan fingerprint density at radius 1 is 0.424 bits per heavy atom. The SMILES string of the molecule is C#Cc1ccc2c(c1)c1cc(-c3ccc4c(c3)C(CCCC)(CCCC)c3cc(-c5ccc6c(c5)c5cc(C#C)ccc5n6CCCC)ccc3-4)ccc1n2CCCC. The van der Waals surface area contributed by atoms with E-state index >= 15 is 0 Å². The maximum Gasteiger partial charge on any atom is 0.0492 e. The smallest absolute Gasteiger partial charge is 0.0492 e. The number of unbranched alkanes of at least 4 members (excludes halogenated alkanes) is 4. The molecular formula is C57H56N2. The van der Waals surface area contributed by atoms with Crippen molar-refractivity contribution in [1.29, 1.82) is 0 Å². The minimum absolute atomic E-state index is 0.0489. The molecule has 2 nitrogen and oxygen atoms in total. The van der Waals surface area contributed by atoms with Crippen molar-refractivity contribution >= 4 is 43.6 Å². The first-order valence-corrected chi connectivity index (χ1v) is 22.3. The van der Waals surface area contributed by atoms with E-state index in [2.05, 4.69) is 158 Å². The molecule has 8 aromatic rings. The van der Waals surface area contributed by atoms with Crippen LogP contribution < -0.4 is 0 Å². The summed E-state index contributed by atoms with van der Waals surface area (Å²) in [6.07, 6.45) is 23.5. The Balaban J connectivity index is 1.18. The predicted molar refractivity (Wildman–Crippen MR) is 254 cm³/mol. The van der Waals surface area contributed by atoms with Crippen molar-refractivity contribution in [3.8, 4) is 58.1 Å². The van der Waals surface area contributed by atoms with Gasteiger partial charge in [-0.25, -0.2) is 0 Å². The molecule has 59 heavy (non-hydrogen) atoms. The number of nitrogens with zero attached hydrogens (tertiary/aromatic N) is 2. The molecular weight excluding hydrogens is 713 g/mol. The fourth-order valence-corrected chi connectivity index (χ4v) is 10.3. The average molecular weight is 769 g/mol. The summed E-state index contributed by atoms with van der Waals surface area (Å²) in [5, 5.41) is 5.05. The lowest BCUT2D eigenvalue weighted by Gasteiger charge is -2.33. The molecule has 2 aromatic heterocycles. The van der Waals surface area contributed by atoms with Gasteiger partial charge in [0, 0.05) is 73.2 Å². The predicted octanol–water partition coefficient (Wildman–Crippen LogP) is 15.4. The lowest BCUT2D eigenvalue weighted by molar-refractivity contribution is 0.414. The van der Waals surface area contributed by atoms with Crippen molar-refractivity contribution in [1.82, 2.24) is 9.13 Å². The fourth-order valence-electron chi connectivity index (χ4n) is 10.3. The van der Waals surface area contributed by atoms with Gasteiger partial charge >= 0.3 is 0 Å².